The predicted octanol–water partition coefficient (Wildman–Crippen LogP) is 0.801. The average Bonchev–Trinajstić information content (AvgIpc) is 3.04. The molecule has 162 valence electrons. The molecular formula is C21H20FN3O5S. The van der Waals surface area contributed by atoms with Crippen molar-refractivity contribution in [1.82, 2.24) is 4.57 Å². The minimum absolute atomic E-state index is 0. The van der Waals surface area contributed by atoms with Gasteiger partial charge in [0.05, 0.1) is 36.9 Å². The Bertz CT molecular complexity index is 1300. The second kappa shape index (κ2) is 9.40. The van der Waals surface area contributed by atoms with E-state index >= 15 is 0 Å². The van der Waals surface area contributed by atoms with E-state index < -0.39 is 29.2 Å². The Kier molecular flexibility index (Phi) is 7.15. The average molecular weight is 445 g/mol. The molecule has 0 saturated carbocycles. The Morgan fingerprint density at radius 1 is 1.39 bits per heavy atom. The summed E-state index contributed by atoms with van der Waals surface area (Å²) >= 11 is 0.799. The monoisotopic (exact) mass is 445 g/mol. The van der Waals surface area contributed by atoms with Gasteiger partial charge in [0.15, 0.2) is 0 Å². The number of fused-ring (bicyclic) bond motifs is 1. The minimum Gasteiger partial charge on any atom is -0.466 e. The molecule has 31 heavy (non-hydrogen) atoms. The Hall–Kier alpha value is -3.71. The number of methoxy groups -OCH3 is 1. The number of nitrogens with zero attached hydrogens (tertiary/aromatic N) is 2. The summed E-state index contributed by atoms with van der Waals surface area (Å²) in [5.74, 6) is -3.69. The molecule has 1 aromatic heterocycles. The van der Waals surface area contributed by atoms with Crippen LogP contribution in [-0.4, -0.2) is 30.2 Å². The maximum atomic E-state index is 14.6. The number of benzene rings is 1. The summed E-state index contributed by atoms with van der Waals surface area (Å²) in [5, 5.41) is 9.75. The van der Waals surface area contributed by atoms with Gasteiger partial charge in [-0.15, -0.1) is 11.3 Å². The lowest BCUT2D eigenvalue weighted by Gasteiger charge is -2.24. The maximum Gasteiger partial charge on any atom is 0.338 e. The van der Waals surface area contributed by atoms with E-state index in [0.717, 1.165) is 29.1 Å². The van der Waals surface area contributed by atoms with E-state index in [4.69, 9.17) is 10.5 Å². The quantitative estimate of drug-likeness (QED) is 0.690. The number of rotatable bonds is 4. The Labute approximate surface area is 180 Å². The molecule has 2 heterocycles. The highest BCUT2D eigenvalue weighted by Gasteiger charge is 2.37. The van der Waals surface area contributed by atoms with Crippen LogP contribution in [0.5, 0.6) is 0 Å². The van der Waals surface area contributed by atoms with Gasteiger partial charge >= 0.3 is 11.9 Å². The number of allylic oxidation sites excluding steroid dienone is 1. The van der Waals surface area contributed by atoms with Gasteiger partial charge in [0.2, 0.25) is 0 Å². The summed E-state index contributed by atoms with van der Waals surface area (Å²) in [5.41, 5.74) is 5.13. The molecule has 0 saturated heterocycles. The second-order valence-corrected chi connectivity index (χ2v) is 7.11. The van der Waals surface area contributed by atoms with Gasteiger partial charge < -0.3 is 15.2 Å². The highest BCUT2D eigenvalue weighted by atomic mass is 32.1. The van der Waals surface area contributed by atoms with Crippen molar-refractivity contribution in [3.05, 3.63) is 60.8 Å². The van der Waals surface area contributed by atoms with Crippen LogP contribution in [0.25, 0.3) is 17.5 Å². The lowest BCUT2D eigenvalue weighted by molar-refractivity contribution is -0.136. The van der Waals surface area contributed by atoms with Crippen LogP contribution in [-0.2, 0) is 19.1 Å². The molecule has 3 rings (SSSR count). The van der Waals surface area contributed by atoms with Crippen molar-refractivity contribution in [3.63, 3.8) is 0 Å². The first-order valence-electron chi connectivity index (χ1n) is 8.73. The summed E-state index contributed by atoms with van der Waals surface area (Å²) in [7, 11) is 1.15. The van der Waals surface area contributed by atoms with Crippen molar-refractivity contribution in [2.45, 2.75) is 20.3 Å². The molecular weight excluding hydrogens is 425 g/mol. The molecule has 0 fully saturated rings. The smallest absolute Gasteiger partial charge is 0.338 e. The molecule has 1 atom stereocenters. The van der Waals surface area contributed by atoms with Crippen LogP contribution in [0.15, 0.2) is 34.6 Å². The molecule has 1 aliphatic rings. The summed E-state index contributed by atoms with van der Waals surface area (Å²) in [6.07, 6.45) is 0.957. The zero-order valence-corrected chi connectivity index (χ0v) is 16.8. The Balaban J connectivity index is 0.00000341. The zero-order valence-electron chi connectivity index (χ0n) is 16.0. The largest absolute Gasteiger partial charge is 0.466 e. The third-order valence-electron chi connectivity index (χ3n) is 4.43. The van der Waals surface area contributed by atoms with E-state index in [1.807, 2.05) is 6.07 Å². The molecule has 0 bridgehead atoms. The minimum atomic E-state index is -1.18. The number of hydrogen-bond acceptors (Lipinski definition) is 8. The van der Waals surface area contributed by atoms with Crippen LogP contribution in [0.1, 0.15) is 25.8 Å². The molecule has 0 radical (unpaired) electrons. The molecule has 1 aromatic carbocycles. The fraction of sp³-hybridized carbons (Fsp3) is 0.238. The van der Waals surface area contributed by atoms with Crippen molar-refractivity contribution in [2.24, 2.45) is 5.73 Å². The van der Waals surface area contributed by atoms with Gasteiger partial charge in [-0.05, 0) is 13.0 Å². The van der Waals surface area contributed by atoms with Crippen LogP contribution in [0, 0.1) is 17.1 Å². The Morgan fingerprint density at radius 3 is 2.65 bits per heavy atom. The van der Waals surface area contributed by atoms with Gasteiger partial charge in [0.1, 0.15) is 20.8 Å². The molecule has 8 nitrogen and oxygen atoms in total. The van der Waals surface area contributed by atoms with Crippen molar-refractivity contribution >= 4 is 40.7 Å². The highest BCUT2D eigenvalue weighted by Crippen LogP contribution is 2.37. The fourth-order valence-electron chi connectivity index (χ4n) is 3.14. The first-order chi connectivity index (χ1) is 14.3. The third kappa shape index (κ3) is 4.00. The van der Waals surface area contributed by atoms with E-state index in [2.05, 4.69) is 4.74 Å². The van der Waals surface area contributed by atoms with Gasteiger partial charge in [-0.25, -0.2) is 14.0 Å². The number of nitriles is 1. The Morgan fingerprint density at radius 2 is 2.06 bits per heavy atom. The molecule has 2 aromatic rings. The van der Waals surface area contributed by atoms with E-state index in [1.54, 1.807) is 13.0 Å². The SMILES string of the molecule is C.CCOC(=O)C1=c2s/c(=C\C(=O)OC)c(=O)n2C(N)=C(C#N)C1c1ccccc1F. The first kappa shape index (κ1) is 23.6. The number of halogens is 1. The van der Waals surface area contributed by atoms with Gasteiger partial charge in [0.25, 0.3) is 5.56 Å². The standard InChI is InChI=1S/C20H16FN3O5S.CH4/c1-3-29-20(27)16-15(10-6-4-5-7-12(10)21)11(9-22)17(23)24-18(26)13(30-19(16)24)8-14(25)28-2;/h4-8,15H,3,23H2,1-2H3;1H4/b13-8-;. The van der Waals surface area contributed by atoms with Gasteiger partial charge in [-0.1, -0.05) is 25.6 Å². The number of carbonyl (C=O) groups is 2. The molecule has 1 aliphatic heterocycles. The normalized spacial score (nSPS) is 15.6. The number of thiazole rings is 1. The summed E-state index contributed by atoms with van der Waals surface area (Å²) in [6, 6.07) is 7.52. The van der Waals surface area contributed by atoms with E-state index in [-0.39, 0.29) is 45.8 Å². The first-order valence-corrected chi connectivity index (χ1v) is 9.54. The number of carbonyl (C=O) groups excluding carboxylic acids is 2. The molecule has 0 aliphatic carbocycles. The molecule has 2 N–H and O–H groups in total. The van der Waals surface area contributed by atoms with Crippen molar-refractivity contribution in [3.8, 4) is 6.07 Å². The fourth-order valence-corrected chi connectivity index (χ4v) is 4.27. The highest BCUT2D eigenvalue weighted by molar-refractivity contribution is 7.07. The van der Waals surface area contributed by atoms with Crippen LogP contribution in [0.3, 0.4) is 0 Å². The van der Waals surface area contributed by atoms with Crippen molar-refractivity contribution in [1.29, 1.82) is 5.26 Å². The third-order valence-corrected chi connectivity index (χ3v) is 5.54. The summed E-state index contributed by atoms with van der Waals surface area (Å²) in [6.45, 7) is 1.61. The van der Waals surface area contributed by atoms with Crippen LogP contribution < -0.4 is 20.5 Å². The van der Waals surface area contributed by atoms with Gasteiger partial charge in [-0.3, -0.25) is 9.36 Å². The lowest BCUT2D eigenvalue weighted by atomic mass is 9.83. The van der Waals surface area contributed by atoms with Crippen LogP contribution in [0.2, 0.25) is 0 Å². The number of nitrogens with two attached hydrogens (primary N) is 1. The summed E-state index contributed by atoms with van der Waals surface area (Å²) < 4.78 is 25.3. The predicted molar refractivity (Wildman–Crippen MR) is 113 cm³/mol. The number of hydrogen-bond donors (Lipinski definition) is 1. The molecule has 0 spiro atoms. The molecule has 0 amide bonds. The number of ether oxygens (including phenoxy) is 2. The molecule has 10 heteroatoms. The van der Waals surface area contributed by atoms with Gasteiger partial charge in [-0.2, -0.15) is 5.26 Å². The number of esters is 2. The van der Waals surface area contributed by atoms with Crippen LogP contribution >= 0.6 is 11.3 Å². The van der Waals surface area contributed by atoms with E-state index in [0.29, 0.717) is 0 Å². The van der Waals surface area contributed by atoms with Gasteiger partial charge in [0, 0.05) is 11.6 Å². The summed E-state index contributed by atoms with van der Waals surface area (Å²) in [4.78, 5) is 37.3. The number of aromatic nitrogens is 1. The van der Waals surface area contributed by atoms with E-state index in [1.165, 1.54) is 18.2 Å². The van der Waals surface area contributed by atoms with Crippen molar-refractivity contribution < 1.29 is 23.5 Å². The zero-order chi connectivity index (χ0) is 22.0. The maximum absolute atomic E-state index is 14.6. The van der Waals surface area contributed by atoms with Crippen LogP contribution in [0.4, 0.5) is 4.39 Å². The topological polar surface area (TPSA) is 124 Å². The van der Waals surface area contributed by atoms with Crippen molar-refractivity contribution in [2.75, 3.05) is 13.7 Å². The second-order valence-electron chi connectivity index (χ2n) is 6.08. The van der Waals surface area contributed by atoms with E-state index in [9.17, 15) is 24.0 Å². The molecule has 1 unspecified atom stereocenters. The lowest BCUT2D eigenvalue weighted by Crippen LogP contribution is -2.40.